The van der Waals surface area contributed by atoms with Crippen molar-refractivity contribution in [2.75, 3.05) is 59.7 Å². The molecule has 0 radical (unpaired) electrons. The van der Waals surface area contributed by atoms with Gasteiger partial charge in [-0.1, -0.05) is 23.7 Å². The number of benzene rings is 2. The summed E-state index contributed by atoms with van der Waals surface area (Å²) in [5.74, 6) is 1.71. The van der Waals surface area contributed by atoms with Crippen molar-refractivity contribution >= 4 is 60.9 Å². The first-order valence-electron chi connectivity index (χ1n) is 17.9. The molecule has 4 aliphatic heterocycles. The summed E-state index contributed by atoms with van der Waals surface area (Å²) >= 11 is 6.68. The Morgan fingerprint density at radius 1 is 0.945 bits per heavy atom. The van der Waals surface area contributed by atoms with Crippen molar-refractivity contribution in [3.05, 3.63) is 109 Å². The number of carbonyl (C=O) groups excluding carboxylic acids is 2. The number of amides is 2. The first-order valence-corrected chi connectivity index (χ1v) is 21.1. The van der Waals surface area contributed by atoms with Gasteiger partial charge in [-0.25, -0.2) is 0 Å². The van der Waals surface area contributed by atoms with Crippen LogP contribution in [0.25, 0.3) is 5.69 Å². The number of hydrogen-bond donors (Lipinski definition) is 3. The average molecular weight is 895 g/mol. The Kier molecular flexibility index (Phi) is 10.6. The number of aromatic amines is 1. The standard InChI is InChI=1S/C37H38ClIN11O4S/c1-22-4-3-5-28(38)33(22)45-34(52)29-19-40-36(55-29)43-30-18-31(42-23(2)41-30)46-14-16-47(17-15-46)39-35(53)50-21-26-10-11-27(50)20-49(26)25-8-6-24(7-9-25)48-13-12-32(51)44-37(48)54/h3-9,12-13,18-19,26-27H,10-11,14-17,20-21H2,1-2H3,(H,45,52)(H,44,51,54)(H,40,41,42,43)/q-1. The van der Waals surface area contributed by atoms with Crippen molar-refractivity contribution in [1.29, 1.82) is 0 Å². The van der Waals surface area contributed by atoms with Crippen LogP contribution < -0.4 is 53.2 Å². The van der Waals surface area contributed by atoms with Crippen LogP contribution >= 0.6 is 22.9 Å². The summed E-state index contributed by atoms with van der Waals surface area (Å²) < 4.78 is 4.01. The third-order valence-electron chi connectivity index (χ3n) is 10.0. The van der Waals surface area contributed by atoms with Gasteiger partial charge < -0.3 is 5.32 Å². The maximum absolute atomic E-state index is 13.7. The Bertz CT molecular complexity index is 2340. The number of nitrogens with zero attached hydrogens (tertiary/aromatic N) is 8. The molecule has 18 heteroatoms. The number of rotatable bonds is 9. The minimum atomic E-state index is -0.838. The zero-order chi connectivity index (χ0) is 38.2. The van der Waals surface area contributed by atoms with Gasteiger partial charge in [0.25, 0.3) is 5.56 Å². The quantitative estimate of drug-likeness (QED) is 0.0854. The van der Waals surface area contributed by atoms with E-state index >= 15 is 0 Å². The van der Waals surface area contributed by atoms with Crippen LogP contribution in [-0.4, -0.2) is 93.7 Å². The number of piperidine rings is 2. The van der Waals surface area contributed by atoms with E-state index in [1.165, 1.54) is 34.4 Å². The molecule has 2 unspecified atom stereocenters. The third-order valence-corrected chi connectivity index (χ3v) is 13.9. The van der Waals surface area contributed by atoms with Crippen molar-refractivity contribution in [3.63, 3.8) is 0 Å². The average Bonchev–Trinajstić information content (AvgIpc) is 3.65. The molecule has 3 aromatic heterocycles. The van der Waals surface area contributed by atoms with Crippen LogP contribution in [0.4, 0.5) is 32.9 Å². The van der Waals surface area contributed by atoms with Gasteiger partial charge in [0.1, 0.15) is 0 Å². The van der Waals surface area contributed by atoms with Gasteiger partial charge in [-0.05, 0) is 18.6 Å². The van der Waals surface area contributed by atoms with E-state index < -0.39 is 32.7 Å². The van der Waals surface area contributed by atoms with Crippen molar-refractivity contribution in [1.82, 2.24) is 32.5 Å². The molecule has 0 aliphatic carbocycles. The fraction of sp³-hybridized carbons (Fsp3) is 0.324. The Morgan fingerprint density at radius 2 is 1.71 bits per heavy atom. The van der Waals surface area contributed by atoms with Gasteiger partial charge in [-0.3, -0.25) is 9.59 Å². The van der Waals surface area contributed by atoms with Crippen LogP contribution in [0.15, 0.2) is 76.6 Å². The molecule has 2 aromatic carbocycles. The van der Waals surface area contributed by atoms with E-state index in [1.807, 2.05) is 56.3 Å². The van der Waals surface area contributed by atoms with Crippen molar-refractivity contribution in [2.24, 2.45) is 0 Å². The van der Waals surface area contributed by atoms with E-state index in [2.05, 4.69) is 43.4 Å². The molecule has 0 saturated carbocycles. The number of aryl methyl sites for hydroxylation is 2. The predicted molar refractivity (Wildman–Crippen MR) is 209 cm³/mol. The Hall–Kier alpha value is -4.85. The summed E-state index contributed by atoms with van der Waals surface area (Å²) in [7, 11) is 0. The summed E-state index contributed by atoms with van der Waals surface area (Å²) in [6, 6.07) is 16.9. The maximum atomic E-state index is 13.7. The molecule has 55 heavy (non-hydrogen) atoms. The molecule has 4 saturated heterocycles. The molecule has 0 spiro atoms. The van der Waals surface area contributed by atoms with E-state index in [-0.39, 0.29) is 21.9 Å². The molecule has 3 N–H and O–H groups in total. The third kappa shape index (κ3) is 8.10. The number of carbonyl (C=O) groups is 2. The molecular weight excluding hydrogens is 857 g/mol. The number of para-hydroxylation sites is 1. The van der Waals surface area contributed by atoms with Crippen LogP contribution in [0.2, 0.25) is 5.02 Å². The van der Waals surface area contributed by atoms with E-state index in [0.29, 0.717) is 44.6 Å². The molecule has 2 atom stereocenters. The topological polar surface area (TPSA) is 165 Å². The minimum absolute atomic E-state index is 0.171. The first kappa shape index (κ1) is 37.1. The van der Waals surface area contributed by atoms with Crippen LogP contribution in [0, 0.1) is 13.8 Å². The number of thiazole rings is 1. The summed E-state index contributed by atoms with van der Waals surface area (Å²) in [6.07, 6.45) is 5.03. The second-order valence-corrected chi connectivity index (χ2v) is 17.8. The summed E-state index contributed by atoms with van der Waals surface area (Å²) in [4.78, 5) is 73.5. The van der Waals surface area contributed by atoms with Crippen molar-refractivity contribution in [2.45, 2.75) is 38.8 Å². The van der Waals surface area contributed by atoms with E-state index in [4.69, 9.17) is 16.6 Å². The molecule has 286 valence electrons. The number of anilines is 5. The molecular formula is C37H38ClIN11O4S-. The van der Waals surface area contributed by atoms with Gasteiger partial charge >= 0.3 is 264 Å². The molecule has 15 nitrogen and oxygen atoms in total. The number of fused-ring (bicyclic) bond motifs is 3. The van der Waals surface area contributed by atoms with Gasteiger partial charge in [0.2, 0.25) is 0 Å². The van der Waals surface area contributed by atoms with E-state index in [0.717, 1.165) is 62.6 Å². The van der Waals surface area contributed by atoms with Gasteiger partial charge in [0.05, 0.1) is 10.7 Å². The number of aromatic nitrogens is 5. The number of hydrogen-bond acceptors (Lipinski definition) is 12. The molecule has 4 fully saturated rings. The molecule has 2 amide bonds. The van der Waals surface area contributed by atoms with Gasteiger partial charge in [0.15, 0.2) is 0 Å². The summed E-state index contributed by atoms with van der Waals surface area (Å²) in [5, 5.41) is 7.13. The first-order chi connectivity index (χ1) is 26.6. The predicted octanol–water partition coefficient (Wildman–Crippen LogP) is 1.64. The number of H-pyrrole nitrogens is 1. The molecule has 9 rings (SSSR count). The number of halogens is 2. The van der Waals surface area contributed by atoms with Gasteiger partial charge in [0, 0.05) is 0 Å². The van der Waals surface area contributed by atoms with Crippen LogP contribution in [0.3, 0.4) is 0 Å². The second kappa shape index (κ2) is 15.7. The zero-order valence-corrected chi connectivity index (χ0v) is 33.8. The number of piperazine rings is 2. The second-order valence-electron chi connectivity index (χ2n) is 13.6. The zero-order valence-electron chi connectivity index (χ0n) is 30.0. The molecule has 2 bridgehead atoms. The van der Waals surface area contributed by atoms with Crippen LogP contribution in [-0.2, 0) is 0 Å². The van der Waals surface area contributed by atoms with Crippen LogP contribution in [0.5, 0.6) is 0 Å². The van der Waals surface area contributed by atoms with Gasteiger partial charge in [-0.15, -0.1) is 0 Å². The number of nitrogens with one attached hydrogen (secondary N) is 3. The fourth-order valence-corrected chi connectivity index (χ4v) is 10.6. The Morgan fingerprint density at radius 3 is 2.44 bits per heavy atom. The summed E-state index contributed by atoms with van der Waals surface area (Å²) in [5.41, 5.74) is 2.30. The molecule has 7 heterocycles. The normalized spacial score (nSPS) is 18.5. The van der Waals surface area contributed by atoms with E-state index in [1.54, 1.807) is 6.07 Å². The van der Waals surface area contributed by atoms with Crippen molar-refractivity contribution in [3.8, 4) is 5.69 Å². The fourth-order valence-electron chi connectivity index (χ4n) is 7.22. The van der Waals surface area contributed by atoms with Gasteiger partial charge in [-0.2, -0.15) is 0 Å². The van der Waals surface area contributed by atoms with Crippen LogP contribution in [0.1, 0.15) is 33.9 Å². The Labute approximate surface area is 336 Å². The summed E-state index contributed by atoms with van der Waals surface area (Å²) in [6.45, 7) is 8.28. The van der Waals surface area contributed by atoms with Crippen molar-refractivity contribution < 1.29 is 31.1 Å². The molecule has 5 aromatic rings. The Balaban J connectivity index is 0.836. The SMILES string of the molecule is Cc1nc(Nc2ncc(C(=O)Nc3c(C)cccc3Cl)s2)cc(N2CCN([I-]C(=O)N3CC4CCC3CN4c3ccc(-n4ccc(=O)[nH]c4=O)cc3)CC2)n1. The molecule has 4 aliphatic rings. The monoisotopic (exact) mass is 894 g/mol. The van der Waals surface area contributed by atoms with E-state index in [9.17, 15) is 19.2 Å².